The van der Waals surface area contributed by atoms with Gasteiger partial charge in [0.1, 0.15) is 5.82 Å². The van der Waals surface area contributed by atoms with Crippen molar-refractivity contribution in [2.24, 2.45) is 0 Å². The molecule has 1 rings (SSSR count). The van der Waals surface area contributed by atoms with Gasteiger partial charge in [-0.2, -0.15) is 0 Å². The Morgan fingerprint density at radius 3 is 2.47 bits per heavy atom. The van der Waals surface area contributed by atoms with Crippen molar-refractivity contribution in [1.82, 2.24) is 4.90 Å². The van der Waals surface area contributed by atoms with Crippen LogP contribution in [0, 0.1) is 5.82 Å². The van der Waals surface area contributed by atoms with Crippen LogP contribution in [0.25, 0.3) is 0 Å². The van der Waals surface area contributed by atoms with Crippen LogP contribution in [0.1, 0.15) is 0 Å². The number of para-hydroxylation sites is 1. The number of hydrogen-bond acceptors (Lipinski definition) is 5. The topological polar surface area (TPSA) is 58.6 Å². The number of hydrogen-bond donors (Lipinski definition) is 3. The summed E-state index contributed by atoms with van der Waals surface area (Å²) in [6.45, 7) is 0. The molecule has 19 heavy (non-hydrogen) atoms. The summed E-state index contributed by atoms with van der Waals surface area (Å²) < 4.78 is 16.1. The number of anilines is 1. The lowest BCUT2D eigenvalue weighted by Gasteiger charge is -2.30. The van der Waals surface area contributed by atoms with Crippen molar-refractivity contribution < 1.29 is 18.7 Å². The van der Waals surface area contributed by atoms with Crippen molar-refractivity contribution >= 4 is 42.9 Å². The maximum atomic E-state index is 13.4. The highest BCUT2D eigenvalue weighted by Gasteiger charge is 2.39. The number of ether oxygens (including phenoxy) is 1. The third-order valence-corrected chi connectivity index (χ3v) is 3.31. The molecule has 1 aromatic rings. The monoisotopic (exact) mass is 304 g/mol. The molecule has 1 aromatic carbocycles. The zero-order chi connectivity index (χ0) is 14.6. The summed E-state index contributed by atoms with van der Waals surface area (Å²) in [5.74, 6) is -1.42. The average Bonchev–Trinajstić information content (AvgIpc) is 2.39. The molecule has 0 atom stereocenters. The minimum absolute atomic E-state index is 0.0123. The number of carbonyl (C=O) groups is 2. The van der Waals surface area contributed by atoms with E-state index in [0.717, 1.165) is 12.0 Å². The number of likely N-dealkylation sites (N-methyl/N-ethyl adjacent to an activating group) is 1. The Morgan fingerprint density at radius 1 is 1.37 bits per heavy atom. The number of rotatable bonds is 3. The third kappa shape index (κ3) is 3.54. The van der Waals surface area contributed by atoms with Crippen LogP contribution >= 0.6 is 25.3 Å². The smallest absolute Gasteiger partial charge is 0.352 e. The van der Waals surface area contributed by atoms with Crippen LogP contribution < -0.4 is 5.32 Å². The van der Waals surface area contributed by atoms with Crippen molar-refractivity contribution in [2.45, 2.75) is 4.20 Å². The van der Waals surface area contributed by atoms with E-state index in [0.29, 0.717) is 0 Å². The molecule has 8 heteroatoms. The van der Waals surface area contributed by atoms with Gasteiger partial charge < -0.3 is 10.1 Å². The second-order valence-electron chi connectivity index (χ2n) is 3.60. The summed E-state index contributed by atoms with van der Waals surface area (Å²) in [6.07, 6.45) is 0. The molecule has 1 N–H and O–H groups in total. The van der Waals surface area contributed by atoms with Gasteiger partial charge in [0.25, 0.3) is 0 Å². The van der Waals surface area contributed by atoms with Gasteiger partial charge in [0.15, 0.2) is 0 Å². The first-order valence-corrected chi connectivity index (χ1v) is 6.02. The van der Waals surface area contributed by atoms with Crippen LogP contribution in [0.2, 0.25) is 0 Å². The molecule has 0 saturated carbocycles. The van der Waals surface area contributed by atoms with E-state index in [1.165, 1.54) is 25.2 Å². The first-order valence-electron chi connectivity index (χ1n) is 5.13. The minimum Gasteiger partial charge on any atom is -0.466 e. The average molecular weight is 304 g/mol. The molecular formula is C11H13FN2O3S2. The predicted molar refractivity (Wildman–Crippen MR) is 75.9 cm³/mol. The van der Waals surface area contributed by atoms with Gasteiger partial charge in [-0.15, -0.1) is 25.3 Å². The van der Waals surface area contributed by atoms with Crippen molar-refractivity contribution in [1.29, 1.82) is 0 Å². The molecule has 0 aliphatic rings. The summed E-state index contributed by atoms with van der Waals surface area (Å²) in [4.78, 5) is 24.2. The van der Waals surface area contributed by atoms with Crippen LogP contribution in [0.4, 0.5) is 14.9 Å². The number of carbonyl (C=O) groups excluding carboxylic acids is 2. The standard InChI is InChI=1S/C11H13FN2O3S2/c1-14(11(18,19)9(15)17-2)10(16)13-8-6-4-3-5-7(8)12/h3-6,18-19H,1-2H3,(H,13,16). The van der Waals surface area contributed by atoms with Gasteiger partial charge in [-0.05, 0) is 12.1 Å². The van der Waals surface area contributed by atoms with E-state index in [-0.39, 0.29) is 5.69 Å². The Labute approximate surface area is 120 Å². The number of urea groups is 1. The second kappa shape index (κ2) is 6.16. The summed E-state index contributed by atoms with van der Waals surface area (Å²) in [7, 11) is 2.43. The number of benzene rings is 1. The fourth-order valence-corrected chi connectivity index (χ4v) is 1.54. The largest absolute Gasteiger partial charge is 0.466 e. The lowest BCUT2D eigenvalue weighted by Crippen LogP contribution is -2.49. The van der Waals surface area contributed by atoms with Gasteiger partial charge in [-0.3, -0.25) is 4.90 Å². The fourth-order valence-electron chi connectivity index (χ4n) is 1.18. The van der Waals surface area contributed by atoms with Gasteiger partial charge in [-0.25, -0.2) is 14.0 Å². The number of nitrogens with zero attached hydrogens (tertiary/aromatic N) is 1. The molecule has 0 heterocycles. The quantitative estimate of drug-likeness (QED) is 0.455. The number of nitrogens with one attached hydrogen (secondary N) is 1. The highest BCUT2D eigenvalue weighted by molar-refractivity contribution is 8.01. The van der Waals surface area contributed by atoms with E-state index in [2.05, 4.69) is 35.3 Å². The van der Waals surface area contributed by atoms with Crippen molar-refractivity contribution in [2.75, 3.05) is 19.5 Å². The van der Waals surface area contributed by atoms with E-state index >= 15 is 0 Å². The van der Waals surface area contributed by atoms with Crippen LogP contribution in [0.5, 0.6) is 0 Å². The number of halogens is 1. The Kier molecular flexibility index (Phi) is 5.07. The van der Waals surface area contributed by atoms with Crippen LogP contribution in [0.15, 0.2) is 24.3 Å². The molecule has 0 saturated heterocycles. The van der Waals surface area contributed by atoms with E-state index in [1.54, 1.807) is 6.07 Å². The molecule has 104 valence electrons. The van der Waals surface area contributed by atoms with E-state index in [9.17, 15) is 14.0 Å². The van der Waals surface area contributed by atoms with Crippen LogP contribution in [-0.4, -0.2) is 35.3 Å². The number of thiol groups is 2. The molecule has 0 unspecified atom stereocenters. The van der Waals surface area contributed by atoms with Crippen LogP contribution in [0.3, 0.4) is 0 Å². The van der Waals surface area contributed by atoms with E-state index in [4.69, 9.17) is 0 Å². The highest BCUT2D eigenvalue weighted by Crippen LogP contribution is 2.26. The van der Waals surface area contributed by atoms with Crippen LogP contribution in [-0.2, 0) is 9.53 Å². The molecule has 0 fully saturated rings. The highest BCUT2D eigenvalue weighted by atomic mass is 32.2. The molecule has 0 bridgehead atoms. The maximum Gasteiger partial charge on any atom is 0.352 e. The van der Waals surface area contributed by atoms with Gasteiger partial charge >= 0.3 is 12.0 Å². The van der Waals surface area contributed by atoms with Crippen molar-refractivity contribution in [3.8, 4) is 0 Å². The molecule has 0 aliphatic carbocycles. The molecule has 0 aliphatic heterocycles. The van der Waals surface area contributed by atoms with Gasteiger partial charge in [0.05, 0.1) is 12.8 Å². The zero-order valence-electron chi connectivity index (χ0n) is 10.3. The Balaban J connectivity index is 2.84. The molecule has 2 amide bonds. The predicted octanol–water partition coefficient (Wildman–Crippen LogP) is 1.98. The summed E-state index contributed by atoms with van der Waals surface area (Å²) in [5, 5.41) is 2.30. The first-order chi connectivity index (χ1) is 8.80. The Hall–Kier alpha value is -1.41. The van der Waals surface area contributed by atoms with Gasteiger partial charge in [-0.1, -0.05) is 12.1 Å². The lowest BCUT2D eigenvalue weighted by molar-refractivity contribution is -0.143. The lowest BCUT2D eigenvalue weighted by atomic mass is 10.3. The summed E-state index contributed by atoms with van der Waals surface area (Å²) in [5.41, 5.74) is -0.0123. The van der Waals surface area contributed by atoms with E-state index in [1.807, 2.05) is 0 Å². The van der Waals surface area contributed by atoms with E-state index < -0.39 is 22.0 Å². The van der Waals surface area contributed by atoms with Crippen molar-refractivity contribution in [3.63, 3.8) is 0 Å². The van der Waals surface area contributed by atoms with Gasteiger partial charge in [0, 0.05) is 7.05 Å². The summed E-state index contributed by atoms with van der Waals surface area (Å²) in [6, 6.07) is 4.89. The summed E-state index contributed by atoms with van der Waals surface area (Å²) >= 11 is 7.90. The maximum absolute atomic E-state index is 13.4. The first kappa shape index (κ1) is 15.6. The number of esters is 1. The number of amides is 2. The fraction of sp³-hybridized carbons (Fsp3) is 0.273. The Bertz CT molecular complexity index is 497. The molecule has 0 aromatic heterocycles. The van der Waals surface area contributed by atoms with Gasteiger partial charge in [0.2, 0.25) is 4.20 Å². The SMILES string of the molecule is COC(=O)C(S)(S)N(C)C(=O)Nc1ccccc1F. The molecule has 0 radical (unpaired) electrons. The van der Waals surface area contributed by atoms with Crippen molar-refractivity contribution in [3.05, 3.63) is 30.1 Å². The normalized spacial score (nSPS) is 10.8. The zero-order valence-corrected chi connectivity index (χ0v) is 12.0. The molecular weight excluding hydrogens is 291 g/mol. The Morgan fingerprint density at radius 2 is 1.95 bits per heavy atom. The third-order valence-electron chi connectivity index (χ3n) is 2.35. The molecule has 5 nitrogen and oxygen atoms in total. The number of methoxy groups -OCH3 is 1. The molecule has 0 spiro atoms. The second-order valence-corrected chi connectivity index (χ2v) is 5.24. The minimum atomic E-state index is -1.76.